The van der Waals surface area contributed by atoms with Gasteiger partial charge in [0.2, 0.25) is 11.8 Å². The van der Waals surface area contributed by atoms with E-state index in [4.69, 9.17) is 0 Å². The summed E-state index contributed by atoms with van der Waals surface area (Å²) < 4.78 is 0. The van der Waals surface area contributed by atoms with Gasteiger partial charge in [-0.15, -0.1) is 0 Å². The second-order valence-electron chi connectivity index (χ2n) is 6.10. The van der Waals surface area contributed by atoms with E-state index in [1.807, 2.05) is 16.7 Å². The number of thioether (sulfide) groups is 1. The van der Waals surface area contributed by atoms with Crippen molar-refractivity contribution in [1.82, 2.24) is 10.2 Å². The van der Waals surface area contributed by atoms with E-state index in [2.05, 4.69) is 11.6 Å². The Labute approximate surface area is 119 Å². The third kappa shape index (κ3) is 3.25. The molecule has 0 bridgehead atoms. The van der Waals surface area contributed by atoms with Crippen LogP contribution in [0.5, 0.6) is 0 Å². The van der Waals surface area contributed by atoms with Crippen LogP contribution in [0.2, 0.25) is 0 Å². The van der Waals surface area contributed by atoms with Crippen molar-refractivity contribution in [2.24, 2.45) is 0 Å². The van der Waals surface area contributed by atoms with Gasteiger partial charge in [-0.05, 0) is 39.4 Å². The highest BCUT2D eigenvalue weighted by Crippen LogP contribution is 2.31. The predicted molar refractivity (Wildman–Crippen MR) is 78.1 cm³/mol. The lowest BCUT2D eigenvalue weighted by Crippen LogP contribution is -2.55. The maximum absolute atomic E-state index is 12.6. The van der Waals surface area contributed by atoms with E-state index >= 15 is 0 Å². The molecule has 0 radical (unpaired) electrons. The Morgan fingerprint density at radius 3 is 2.74 bits per heavy atom. The lowest BCUT2D eigenvalue weighted by atomic mass is 9.92. The van der Waals surface area contributed by atoms with Gasteiger partial charge in [0.25, 0.3) is 0 Å². The Hall–Kier alpha value is -0.710. The minimum absolute atomic E-state index is 0.0157. The average molecular weight is 284 g/mol. The summed E-state index contributed by atoms with van der Waals surface area (Å²) in [7, 11) is 0. The number of hydrogen-bond acceptors (Lipinski definition) is 3. The van der Waals surface area contributed by atoms with E-state index in [0.717, 1.165) is 12.8 Å². The molecular formula is C14H24N2O2S. The van der Waals surface area contributed by atoms with Crippen LogP contribution in [0.1, 0.15) is 46.0 Å². The third-order valence-corrected chi connectivity index (χ3v) is 5.29. The van der Waals surface area contributed by atoms with E-state index in [9.17, 15) is 9.59 Å². The summed E-state index contributed by atoms with van der Waals surface area (Å²) in [5.41, 5.74) is -0.764. The molecule has 1 aliphatic carbocycles. The smallest absolute Gasteiger partial charge is 0.248 e. The first-order chi connectivity index (χ1) is 8.94. The van der Waals surface area contributed by atoms with Crippen LogP contribution in [0.25, 0.3) is 0 Å². The van der Waals surface area contributed by atoms with Crippen LogP contribution in [-0.2, 0) is 9.59 Å². The second kappa shape index (κ2) is 5.73. The van der Waals surface area contributed by atoms with Gasteiger partial charge >= 0.3 is 0 Å². The molecule has 2 aliphatic rings. The van der Waals surface area contributed by atoms with E-state index in [1.165, 1.54) is 12.8 Å². The summed E-state index contributed by atoms with van der Waals surface area (Å²) in [6.45, 7) is 4.18. The molecule has 5 heteroatoms. The van der Waals surface area contributed by atoms with Gasteiger partial charge in [-0.3, -0.25) is 9.59 Å². The largest absolute Gasteiger partial charge is 0.342 e. The van der Waals surface area contributed by atoms with Gasteiger partial charge in [0, 0.05) is 24.3 Å². The van der Waals surface area contributed by atoms with Crippen molar-refractivity contribution in [2.75, 3.05) is 12.8 Å². The predicted octanol–water partition coefficient (Wildman–Crippen LogP) is 1.79. The number of amides is 2. The molecule has 0 aromatic rings. The number of rotatable bonds is 2. The van der Waals surface area contributed by atoms with Crippen LogP contribution >= 0.6 is 11.8 Å². The summed E-state index contributed by atoms with van der Waals surface area (Å²) in [5.74, 6) is 0.0585. The van der Waals surface area contributed by atoms with Gasteiger partial charge in [-0.2, -0.15) is 11.8 Å². The highest BCUT2D eigenvalue weighted by molar-refractivity contribution is 7.99. The number of nitrogens with one attached hydrogen (secondary N) is 1. The lowest BCUT2D eigenvalue weighted by molar-refractivity contribution is -0.139. The fourth-order valence-corrected chi connectivity index (χ4v) is 3.93. The Morgan fingerprint density at radius 1 is 1.32 bits per heavy atom. The van der Waals surface area contributed by atoms with Crippen molar-refractivity contribution in [3.63, 3.8) is 0 Å². The van der Waals surface area contributed by atoms with E-state index in [1.54, 1.807) is 13.8 Å². The number of carbonyl (C=O) groups excluding carboxylic acids is 2. The maximum Gasteiger partial charge on any atom is 0.248 e. The average Bonchev–Trinajstić information content (AvgIpc) is 2.47. The summed E-state index contributed by atoms with van der Waals surface area (Å²) in [6, 6.07) is 0.311. The minimum Gasteiger partial charge on any atom is -0.342 e. The zero-order chi connectivity index (χ0) is 14.0. The first kappa shape index (κ1) is 14.7. The van der Waals surface area contributed by atoms with Crippen molar-refractivity contribution in [1.29, 1.82) is 0 Å². The van der Waals surface area contributed by atoms with Crippen molar-refractivity contribution in [2.45, 2.75) is 62.8 Å². The standard InChI is InChI=1S/C14H24N2O2S/c1-14(2)13(18)16(8-7-12(17)15-14)10-5-4-6-11(9-10)19-3/h10-11H,4-9H2,1-3H3,(H,15,17). The molecule has 2 fully saturated rings. The fraction of sp³-hybridized carbons (Fsp3) is 0.857. The molecule has 4 nitrogen and oxygen atoms in total. The van der Waals surface area contributed by atoms with E-state index in [0.29, 0.717) is 24.3 Å². The topological polar surface area (TPSA) is 49.4 Å². The van der Waals surface area contributed by atoms with Gasteiger partial charge < -0.3 is 10.2 Å². The Balaban J connectivity index is 2.13. The number of hydrogen-bond donors (Lipinski definition) is 1. The molecule has 19 heavy (non-hydrogen) atoms. The third-order valence-electron chi connectivity index (χ3n) is 4.20. The fourth-order valence-electron chi connectivity index (χ4n) is 3.11. The van der Waals surface area contributed by atoms with Crippen LogP contribution in [-0.4, -0.2) is 46.3 Å². The molecular weight excluding hydrogens is 260 g/mol. The summed E-state index contributed by atoms with van der Waals surface area (Å²) in [4.78, 5) is 26.3. The maximum atomic E-state index is 12.6. The molecule has 2 unspecified atom stereocenters. The zero-order valence-corrected chi connectivity index (χ0v) is 12.9. The number of carbonyl (C=O) groups is 2. The van der Waals surface area contributed by atoms with E-state index < -0.39 is 5.54 Å². The van der Waals surface area contributed by atoms with Crippen molar-refractivity contribution in [3.05, 3.63) is 0 Å². The summed E-state index contributed by atoms with van der Waals surface area (Å²) in [6.07, 6.45) is 7.15. The highest BCUT2D eigenvalue weighted by atomic mass is 32.2. The molecule has 1 saturated heterocycles. The van der Waals surface area contributed by atoms with Crippen molar-refractivity contribution in [3.8, 4) is 0 Å². The van der Waals surface area contributed by atoms with Crippen LogP contribution in [0, 0.1) is 0 Å². The molecule has 2 rings (SSSR count). The van der Waals surface area contributed by atoms with Gasteiger partial charge in [0.1, 0.15) is 5.54 Å². The molecule has 0 aromatic carbocycles. The van der Waals surface area contributed by atoms with Gasteiger partial charge in [0.05, 0.1) is 0 Å². The normalized spacial score (nSPS) is 31.8. The zero-order valence-electron chi connectivity index (χ0n) is 12.1. The molecule has 0 aromatic heterocycles. The Bertz CT molecular complexity index is 370. The second-order valence-corrected chi connectivity index (χ2v) is 7.24. The minimum atomic E-state index is -0.764. The van der Waals surface area contributed by atoms with Crippen LogP contribution < -0.4 is 5.32 Å². The molecule has 0 spiro atoms. The molecule has 2 atom stereocenters. The van der Waals surface area contributed by atoms with Crippen molar-refractivity contribution >= 4 is 23.6 Å². The first-order valence-corrected chi connectivity index (χ1v) is 8.37. The van der Waals surface area contributed by atoms with Crippen LogP contribution in [0.4, 0.5) is 0 Å². The summed E-state index contributed by atoms with van der Waals surface area (Å²) in [5, 5.41) is 3.48. The molecule has 1 N–H and O–H groups in total. The van der Waals surface area contributed by atoms with Crippen LogP contribution in [0.15, 0.2) is 0 Å². The highest BCUT2D eigenvalue weighted by Gasteiger charge is 2.40. The molecule has 1 saturated carbocycles. The molecule has 1 aliphatic heterocycles. The first-order valence-electron chi connectivity index (χ1n) is 7.09. The molecule has 1 heterocycles. The quantitative estimate of drug-likeness (QED) is 0.841. The van der Waals surface area contributed by atoms with Gasteiger partial charge in [0.15, 0.2) is 0 Å². The van der Waals surface area contributed by atoms with Crippen molar-refractivity contribution < 1.29 is 9.59 Å². The number of nitrogens with zero attached hydrogens (tertiary/aromatic N) is 1. The monoisotopic (exact) mass is 284 g/mol. The molecule has 108 valence electrons. The van der Waals surface area contributed by atoms with Gasteiger partial charge in [-0.25, -0.2) is 0 Å². The Morgan fingerprint density at radius 2 is 2.05 bits per heavy atom. The van der Waals surface area contributed by atoms with E-state index in [-0.39, 0.29) is 11.8 Å². The lowest BCUT2D eigenvalue weighted by Gasteiger charge is -2.39. The van der Waals surface area contributed by atoms with Gasteiger partial charge in [-0.1, -0.05) is 6.42 Å². The SMILES string of the molecule is CSC1CCCC(N2CCC(=O)NC(C)(C)C2=O)C1. The Kier molecular flexibility index (Phi) is 4.43. The molecule has 2 amide bonds. The summed E-state index contributed by atoms with van der Waals surface area (Å²) >= 11 is 1.90. The van der Waals surface area contributed by atoms with Crippen LogP contribution in [0.3, 0.4) is 0 Å².